The SMILES string of the molecule is COC(=O)c1ccc(C=Cc2ccc(Br)cc2)cc1. The quantitative estimate of drug-likeness (QED) is 0.619. The molecule has 0 fully saturated rings. The molecule has 3 heteroatoms. The maximum Gasteiger partial charge on any atom is 0.337 e. The lowest BCUT2D eigenvalue weighted by Crippen LogP contribution is -2.00. The molecule has 0 saturated carbocycles. The third-order valence-electron chi connectivity index (χ3n) is 2.67. The average molecular weight is 317 g/mol. The highest BCUT2D eigenvalue weighted by atomic mass is 79.9. The van der Waals surface area contributed by atoms with Crippen LogP contribution >= 0.6 is 15.9 Å². The first-order chi connectivity index (χ1) is 9.19. The summed E-state index contributed by atoms with van der Waals surface area (Å²) < 4.78 is 5.72. The molecule has 0 aliphatic rings. The summed E-state index contributed by atoms with van der Waals surface area (Å²) in [5.74, 6) is -0.316. The van der Waals surface area contributed by atoms with Gasteiger partial charge in [-0.25, -0.2) is 4.79 Å². The second-order valence-electron chi connectivity index (χ2n) is 4.00. The second-order valence-corrected chi connectivity index (χ2v) is 4.91. The molecule has 0 N–H and O–H groups in total. The molecule has 0 aromatic heterocycles. The zero-order valence-electron chi connectivity index (χ0n) is 10.5. The number of carbonyl (C=O) groups is 1. The molecule has 0 bridgehead atoms. The highest BCUT2D eigenvalue weighted by Gasteiger charge is 2.02. The van der Waals surface area contributed by atoms with Crippen molar-refractivity contribution in [3.63, 3.8) is 0 Å². The summed E-state index contributed by atoms with van der Waals surface area (Å²) in [7, 11) is 1.38. The van der Waals surface area contributed by atoms with Gasteiger partial charge in [0, 0.05) is 4.47 Å². The molecule has 0 aliphatic heterocycles. The van der Waals surface area contributed by atoms with E-state index in [4.69, 9.17) is 0 Å². The highest BCUT2D eigenvalue weighted by molar-refractivity contribution is 9.10. The van der Waals surface area contributed by atoms with Gasteiger partial charge in [0.05, 0.1) is 12.7 Å². The molecule has 0 unspecified atom stereocenters. The van der Waals surface area contributed by atoms with Gasteiger partial charge in [0.2, 0.25) is 0 Å². The molecule has 0 saturated heterocycles. The number of rotatable bonds is 3. The van der Waals surface area contributed by atoms with Gasteiger partial charge in [0.25, 0.3) is 0 Å². The van der Waals surface area contributed by atoms with E-state index in [0.717, 1.165) is 15.6 Å². The number of hydrogen-bond acceptors (Lipinski definition) is 2. The van der Waals surface area contributed by atoms with Crippen LogP contribution in [0.4, 0.5) is 0 Å². The average Bonchev–Trinajstić information content (AvgIpc) is 2.46. The van der Waals surface area contributed by atoms with Crippen LogP contribution in [0.3, 0.4) is 0 Å². The summed E-state index contributed by atoms with van der Waals surface area (Å²) in [6, 6.07) is 15.4. The van der Waals surface area contributed by atoms with Gasteiger partial charge in [-0.05, 0) is 35.4 Å². The predicted molar refractivity (Wildman–Crippen MR) is 80.9 cm³/mol. The van der Waals surface area contributed by atoms with E-state index in [2.05, 4.69) is 20.7 Å². The van der Waals surface area contributed by atoms with Crippen molar-refractivity contribution in [1.29, 1.82) is 0 Å². The van der Waals surface area contributed by atoms with E-state index in [-0.39, 0.29) is 5.97 Å². The van der Waals surface area contributed by atoms with Crippen molar-refractivity contribution in [3.05, 3.63) is 69.7 Å². The minimum atomic E-state index is -0.316. The third-order valence-corrected chi connectivity index (χ3v) is 3.20. The van der Waals surface area contributed by atoms with Crippen LogP contribution in [0.15, 0.2) is 53.0 Å². The molecule has 0 amide bonds. The number of halogens is 1. The lowest BCUT2D eigenvalue weighted by Gasteiger charge is -1.99. The fraction of sp³-hybridized carbons (Fsp3) is 0.0625. The fourth-order valence-corrected chi connectivity index (χ4v) is 1.88. The van der Waals surface area contributed by atoms with Crippen LogP contribution in [0.25, 0.3) is 12.2 Å². The highest BCUT2D eigenvalue weighted by Crippen LogP contribution is 2.14. The molecule has 0 atom stereocenters. The topological polar surface area (TPSA) is 26.3 Å². The van der Waals surface area contributed by atoms with Crippen molar-refractivity contribution in [2.75, 3.05) is 7.11 Å². The molecular weight excluding hydrogens is 304 g/mol. The van der Waals surface area contributed by atoms with Gasteiger partial charge in [-0.2, -0.15) is 0 Å². The molecule has 0 radical (unpaired) electrons. The smallest absolute Gasteiger partial charge is 0.337 e. The van der Waals surface area contributed by atoms with Crippen LogP contribution in [0.1, 0.15) is 21.5 Å². The van der Waals surface area contributed by atoms with E-state index in [1.54, 1.807) is 12.1 Å². The lowest BCUT2D eigenvalue weighted by molar-refractivity contribution is 0.0601. The summed E-state index contributed by atoms with van der Waals surface area (Å²) >= 11 is 3.40. The summed E-state index contributed by atoms with van der Waals surface area (Å²) in [5, 5.41) is 0. The summed E-state index contributed by atoms with van der Waals surface area (Å²) in [6.07, 6.45) is 4.03. The monoisotopic (exact) mass is 316 g/mol. The van der Waals surface area contributed by atoms with E-state index < -0.39 is 0 Å². The van der Waals surface area contributed by atoms with Crippen LogP contribution in [0, 0.1) is 0 Å². The molecule has 0 spiro atoms. The first-order valence-electron chi connectivity index (χ1n) is 5.81. The third kappa shape index (κ3) is 3.80. The number of hydrogen-bond donors (Lipinski definition) is 0. The molecule has 2 rings (SSSR count). The number of benzene rings is 2. The van der Waals surface area contributed by atoms with Crippen molar-refractivity contribution in [1.82, 2.24) is 0 Å². The van der Waals surface area contributed by atoms with Gasteiger partial charge in [-0.1, -0.05) is 52.3 Å². The minimum absolute atomic E-state index is 0.316. The Morgan fingerprint density at radius 1 is 0.947 bits per heavy atom. The van der Waals surface area contributed by atoms with Crippen LogP contribution in [-0.2, 0) is 4.74 Å². The molecule has 0 heterocycles. The Bertz CT molecular complexity index is 583. The number of ether oxygens (including phenoxy) is 1. The molecule has 2 nitrogen and oxygen atoms in total. The Balaban J connectivity index is 2.11. The van der Waals surface area contributed by atoms with Gasteiger partial charge in [-0.3, -0.25) is 0 Å². The predicted octanol–water partition coefficient (Wildman–Crippen LogP) is 4.41. The summed E-state index contributed by atoms with van der Waals surface area (Å²) in [6.45, 7) is 0. The van der Waals surface area contributed by atoms with Crippen LogP contribution < -0.4 is 0 Å². The normalized spacial score (nSPS) is 10.6. The van der Waals surface area contributed by atoms with Gasteiger partial charge >= 0.3 is 5.97 Å². The lowest BCUT2D eigenvalue weighted by atomic mass is 10.1. The second kappa shape index (κ2) is 6.34. The van der Waals surface area contributed by atoms with Crippen molar-refractivity contribution >= 4 is 34.1 Å². The van der Waals surface area contributed by atoms with Gasteiger partial charge in [-0.15, -0.1) is 0 Å². The number of carbonyl (C=O) groups excluding carboxylic acids is 1. The minimum Gasteiger partial charge on any atom is -0.465 e. The molecule has 96 valence electrons. The fourth-order valence-electron chi connectivity index (χ4n) is 1.61. The van der Waals surface area contributed by atoms with Crippen LogP contribution in [0.2, 0.25) is 0 Å². The van der Waals surface area contributed by atoms with E-state index in [9.17, 15) is 4.79 Å². The van der Waals surface area contributed by atoms with Gasteiger partial charge < -0.3 is 4.74 Å². The van der Waals surface area contributed by atoms with Crippen molar-refractivity contribution in [2.24, 2.45) is 0 Å². The van der Waals surface area contributed by atoms with Crippen molar-refractivity contribution in [2.45, 2.75) is 0 Å². The first-order valence-corrected chi connectivity index (χ1v) is 6.60. The zero-order chi connectivity index (χ0) is 13.7. The Labute approximate surface area is 120 Å². The number of methoxy groups -OCH3 is 1. The standard InChI is InChI=1S/C16H13BrO2/c1-19-16(18)14-8-4-12(5-9-14)2-3-13-6-10-15(17)11-7-13/h2-11H,1H3. The molecule has 2 aromatic rings. The van der Waals surface area contributed by atoms with E-state index in [1.165, 1.54) is 7.11 Å². The molecule has 2 aromatic carbocycles. The molecule has 19 heavy (non-hydrogen) atoms. The first kappa shape index (κ1) is 13.6. The van der Waals surface area contributed by atoms with E-state index in [1.807, 2.05) is 48.6 Å². The van der Waals surface area contributed by atoms with E-state index >= 15 is 0 Å². The van der Waals surface area contributed by atoms with Crippen LogP contribution in [-0.4, -0.2) is 13.1 Å². The maximum atomic E-state index is 11.3. The summed E-state index contributed by atoms with van der Waals surface area (Å²) in [5.41, 5.74) is 2.72. The van der Waals surface area contributed by atoms with Gasteiger partial charge in [0.1, 0.15) is 0 Å². The molecule has 0 aliphatic carbocycles. The summed E-state index contributed by atoms with van der Waals surface area (Å²) in [4.78, 5) is 11.3. The molecular formula is C16H13BrO2. The largest absolute Gasteiger partial charge is 0.465 e. The Hall–Kier alpha value is -1.87. The Kier molecular flexibility index (Phi) is 4.53. The van der Waals surface area contributed by atoms with Crippen molar-refractivity contribution in [3.8, 4) is 0 Å². The zero-order valence-corrected chi connectivity index (χ0v) is 12.1. The van der Waals surface area contributed by atoms with Gasteiger partial charge in [0.15, 0.2) is 0 Å². The Morgan fingerprint density at radius 3 is 1.89 bits per heavy atom. The van der Waals surface area contributed by atoms with E-state index in [0.29, 0.717) is 5.56 Å². The Morgan fingerprint density at radius 2 is 1.42 bits per heavy atom. The van der Waals surface area contributed by atoms with Crippen LogP contribution in [0.5, 0.6) is 0 Å². The number of esters is 1. The maximum absolute atomic E-state index is 11.3. The van der Waals surface area contributed by atoms with Crippen molar-refractivity contribution < 1.29 is 9.53 Å².